The fourth-order valence-corrected chi connectivity index (χ4v) is 1.76. The zero-order valence-electron chi connectivity index (χ0n) is 11.8. The lowest BCUT2D eigenvalue weighted by atomic mass is 10.1. The summed E-state index contributed by atoms with van der Waals surface area (Å²) < 4.78 is 5.00. The molecule has 0 fully saturated rings. The maximum absolute atomic E-state index is 11.5. The Balaban J connectivity index is 1.74. The number of aliphatic hydroxyl groups excluding tert-OH is 2. The normalized spacial score (nSPS) is 13.2. The molecule has 7 nitrogen and oxygen atoms in total. The Kier molecular flexibility index (Phi) is 5.81. The minimum absolute atomic E-state index is 0.137. The third-order valence-corrected chi connectivity index (χ3v) is 2.95. The summed E-state index contributed by atoms with van der Waals surface area (Å²) in [7, 11) is 0. The maximum atomic E-state index is 11.5. The van der Waals surface area contributed by atoms with Crippen molar-refractivity contribution in [2.24, 2.45) is 0 Å². The lowest BCUT2D eigenvalue weighted by molar-refractivity contribution is 0.0180. The van der Waals surface area contributed by atoms with E-state index in [9.17, 15) is 15.0 Å². The van der Waals surface area contributed by atoms with Gasteiger partial charge in [0.15, 0.2) is 0 Å². The van der Waals surface area contributed by atoms with Crippen molar-refractivity contribution < 1.29 is 19.7 Å². The molecule has 2 aromatic rings. The van der Waals surface area contributed by atoms with Gasteiger partial charge in [-0.1, -0.05) is 30.3 Å². The zero-order chi connectivity index (χ0) is 15.8. The van der Waals surface area contributed by atoms with Crippen molar-refractivity contribution in [2.75, 3.05) is 6.54 Å². The molecule has 2 unspecified atom stereocenters. The topological polar surface area (TPSA) is 105 Å². The largest absolute Gasteiger partial charge is 0.445 e. The van der Waals surface area contributed by atoms with Crippen molar-refractivity contribution in [3.63, 3.8) is 0 Å². The number of carbonyl (C=O) groups excluding carboxylic acids is 1. The number of hydrogen-bond donors (Lipinski definition) is 3. The molecular weight excluding hydrogens is 286 g/mol. The Hall–Kier alpha value is -2.51. The van der Waals surface area contributed by atoms with Gasteiger partial charge in [0.25, 0.3) is 0 Å². The Labute approximate surface area is 127 Å². The third-order valence-electron chi connectivity index (χ3n) is 2.95. The van der Waals surface area contributed by atoms with Gasteiger partial charge in [-0.3, -0.25) is 0 Å². The second kappa shape index (κ2) is 8.06. The first-order valence-electron chi connectivity index (χ1n) is 6.72. The van der Waals surface area contributed by atoms with E-state index in [2.05, 4.69) is 15.3 Å². The van der Waals surface area contributed by atoms with E-state index in [1.165, 1.54) is 18.7 Å². The smallest absolute Gasteiger partial charge is 0.407 e. The van der Waals surface area contributed by atoms with Crippen LogP contribution in [0.3, 0.4) is 0 Å². The summed E-state index contributed by atoms with van der Waals surface area (Å²) in [5.74, 6) is 0. The first-order chi connectivity index (χ1) is 10.7. The molecule has 1 amide bonds. The van der Waals surface area contributed by atoms with Crippen LogP contribution in [0, 0.1) is 0 Å². The van der Waals surface area contributed by atoms with Crippen molar-refractivity contribution in [3.8, 4) is 0 Å². The lowest BCUT2D eigenvalue weighted by Crippen LogP contribution is -2.35. The molecule has 0 bridgehead atoms. The predicted molar refractivity (Wildman–Crippen MR) is 77.6 cm³/mol. The lowest BCUT2D eigenvalue weighted by Gasteiger charge is -2.17. The van der Waals surface area contributed by atoms with Crippen LogP contribution in [-0.4, -0.2) is 38.9 Å². The van der Waals surface area contributed by atoms with E-state index in [1.54, 1.807) is 0 Å². The van der Waals surface area contributed by atoms with Gasteiger partial charge in [0.1, 0.15) is 25.1 Å². The van der Waals surface area contributed by atoms with Crippen LogP contribution >= 0.6 is 0 Å². The highest BCUT2D eigenvalue weighted by Crippen LogP contribution is 2.13. The zero-order valence-corrected chi connectivity index (χ0v) is 11.8. The fraction of sp³-hybridized carbons (Fsp3) is 0.267. The summed E-state index contributed by atoms with van der Waals surface area (Å²) in [4.78, 5) is 19.0. The van der Waals surface area contributed by atoms with Gasteiger partial charge in [0.05, 0.1) is 0 Å². The Morgan fingerprint density at radius 3 is 2.55 bits per heavy atom. The minimum atomic E-state index is -1.18. The molecule has 0 radical (unpaired) electrons. The summed E-state index contributed by atoms with van der Waals surface area (Å²) in [6.07, 6.45) is 1.08. The standard InChI is InChI=1S/C15H17N3O4/c19-13(14(20)12-6-16-10-17-7-12)8-18-15(21)22-9-11-4-2-1-3-5-11/h1-7,10,13-14,19-20H,8-9H2,(H,18,21). The summed E-state index contributed by atoms with van der Waals surface area (Å²) in [5.41, 5.74) is 1.23. The highest BCUT2D eigenvalue weighted by atomic mass is 16.5. The molecular formula is C15H17N3O4. The molecule has 0 saturated carbocycles. The Bertz CT molecular complexity index is 580. The van der Waals surface area contributed by atoms with Crippen LogP contribution < -0.4 is 5.32 Å². The quantitative estimate of drug-likeness (QED) is 0.729. The molecule has 0 saturated heterocycles. The number of alkyl carbamates (subject to hydrolysis) is 1. The molecule has 116 valence electrons. The predicted octanol–water partition coefficient (Wildman–Crippen LogP) is 0.797. The number of carbonyl (C=O) groups is 1. The molecule has 2 atom stereocenters. The van der Waals surface area contributed by atoms with Crippen molar-refractivity contribution in [1.29, 1.82) is 0 Å². The van der Waals surface area contributed by atoms with Crippen molar-refractivity contribution >= 4 is 6.09 Å². The maximum Gasteiger partial charge on any atom is 0.407 e. The number of ether oxygens (including phenoxy) is 1. The highest BCUT2D eigenvalue weighted by molar-refractivity contribution is 5.67. The average molecular weight is 303 g/mol. The average Bonchev–Trinajstić information content (AvgIpc) is 2.58. The summed E-state index contributed by atoms with van der Waals surface area (Å²) in [5, 5.41) is 22.1. The molecule has 1 aromatic carbocycles. The van der Waals surface area contributed by atoms with Crippen LogP contribution in [0.2, 0.25) is 0 Å². The molecule has 7 heteroatoms. The summed E-state index contributed by atoms with van der Waals surface area (Å²) in [6.45, 7) is -0.0124. The van der Waals surface area contributed by atoms with Crippen LogP contribution in [0.1, 0.15) is 17.2 Å². The van der Waals surface area contributed by atoms with Gasteiger partial charge >= 0.3 is 6.09 Å². The van der Waals surface area contributed by atoms with E-state index in [4.69, 9.17) is 4.74 Å². The number of amides is 1. The number of benzene rings is 1. The minimum Gasteiger partial charge on any atom is -0.445 e. The number of aromatic nitrogens is 2. The van der Waals surface area contributed by atoms with Gasteiger partial charge in [-0.25, -0.2) is 14.8 Å². The van der Waals surface area contributed by atoms with Crippen LogP contribution in [0.5, 0.6) is 0 Å². The third kappa shape index (κ3) is 4.80. The van der Waals surface area contributed by atoms with E-state index >= 15 is 0 Å². The van der Waals surface area contributed by atoms with E-state index in [0.717, 1.165) is 5.56 Å². The van der Waals surface area contributed by atoms with E-state index in [-0.39, 0.29) is 13.2 Å². The van der Waals surface area contributed by atoms with Gasteiger partial charge in [-0.05, 0) is 5.56 Å². The van der Waals surface area contributed by atoms with Crippen LogP contribution in [0.25, 0.3) is 0 Å². The molecule has 0 aliphatic heterocycles. The van der Waals surface area contributed by atoms with Gasteiger partial charge in [-0.15, -0.1) is 0 Å². The van der Waals surface area contributed by atoms with Crippen molar-refractivity contribution in [3.05, 3.63) is 60.2 Å². The van der Waals surface area contributed by atoms with E-state index < -0.39 is 18.3 Å². The fourth-order valence-electron chi connectivity index (χ4n) is 1.76. The van der Waals surface area contributed by atoms with Crippen LogP contribution in [0.4, 0.5) is 4.79 Å². The first-order valence-corrected chi connectivity index (χ1v) is 6.72. The van der Waals surface area contributed by atoms with Gasteiger partial charge in [0, 0.05) is 24.5 Å². The second-order valence-electron chi connectivity index (χ2n) is 4.63. The molecule has 22 heavy (non-hydrogen) atoms. The Morgan fingerprint density at radius 2 is 1.86 bits per heavy atom. The number of aliphatic hydroxyl groups is 2. The molecule has 3 N–H and O–H groups in total. The second-order valence-corrected chi connectivity index (χ2v) is 4.63. The van der Waals surface area contributed by atoms with E-state index in [0.29, 0.717) is 5.56 Å². The molecule has 0 aliphatic rings. The first kappa shape index (κ1) is 15.9. The Morgan fingerprint density at radius 1 is 1.18 bits per heavy atom. The number of rotatable bonds is 6. The number of hydrogen-bond acceptors (Lipinski definition) is 6. The SMILES string of the molecule is O=C(NCC(O)C(O)c1cncnc1)OCc1ccccc1. The summed E-state index contributed by atoms with van der Waals surface area (Å²) in [6, 6.07) is 9.23. The number of nitrogens with zero attached hydrogens (tertiary/aromatic N) is 2. The molecule has 1 heterocycles. The molecule has 1 aromatic heterocycles. The number of nitrogens with one attached hydrogen (secondary N) is 1. The molecule has 0 aliphatic carbocycles. The van der Waals surface area contributed by atoms with E-state index in [1.807, 2.05) is 30.3 Å². The van der Waals surface area contributed by atoms with Gasteiger partial charge < -0.3 is 20.3 Å². The highest BCUT2D eigenvalue weighted by Gasteiger charge is 2.19. The van der Waals surface area contributed by atoms with Crippen molar-refractivity contribution in [1.82, 2.24) is 15.3 Å². The van der Waals surface area contributed by atoms with Crippen molar-refractivity contribution in [2.45, 2.75) is 18.8 Å². The van der Waals surface area contributed by atoms with Crippen LogP contribution in [0.15, 0.2) is 49.1 Å². The van der Waals surface area contributed by atoms with Gasteiger partial charge in [-0.2, -0.15) is 0 Å². The molecule has 0 spiro atoms. The van der Waals surface area contributed by atoms with Gasteiger partial charge in [0.2, 0.25) is 0 Å². The van der Waals surface area contributed by atoms with Crippen LogP contribution in [-0.2, 0) is 11.3 Å². The summed E-state index contributed by atoms with van der Waals surface area (Å²) >= 11 is 0. The monoisotopic (exact) mass is 303 g/mol. The molecule has 2 rings (SSSR count).